The van der Waals surface area contributed by atoms with Crippen LogP contribution in [0.1, 0.15) is 0 Å². The van der Waals surface area contributed by atoms with Crippen molar-refractivity contribution < 1.29 is 4.42 Å². The Bertz CT molecular complexity index is 3570. The molecule has 10 aromatic carbocycles. The summed E-state index contributed by atoms with van der Waals surface area (Å²) in [4.78, 5) is 2.38. The van der Waals surface area contributed by atoms with Gasteiger partial charge in [-0.2, -0.15) is 0 Å². The Morgan fingerprint density at radius 3 is 1.67 bits per heavy atom. The van der Waals surface area contributed by atoms with Crippen LogP contribution >= 0.6 is 11.3 Å². The van der Waals surface area contributed by atoms with E-state index in [-0.39, 0.29) is 0 Å². The number of hydrogen-bond donors (Lipinski definition) is 0. The molecule has 286 valence electrons. The molecule has 2 aromatic heterocycles. The number of rotatable bonds is 7. The molecule has 0 atom stereocenters. The van der Waals surface area contributed by atoms with Gasteiger partial charge in [-0.25, -0.2) is 0 Å². The highest BCUT2D eigenvalue weighted by atomic mass is 32.1. The number of furan rings is 1. The summed E-state index contributed by atoms with van der Waals surface area (Å²) in [5, 5.41) is 7.06. The zero-order chi connectivity index (χ0) is 40.3. The molecule has 3 heteroatoms. The standard InChI is InChI=1S/C58H37NOS/c1-3-13-38(14-4-1)40-29-32-45(33-30-40)59(46-18-11-17-43(35-46)39-15-5-2-6-16-39)53-22-12-23-54-57(53)52-37-50(47-19-7-8-21-49(47)58(52)60-54)42-27-25-41(26-28-42)44-31-34-56-51(36-44)48-20-9-10-24-55(48)61-56/h1-37H. The van der Waals surface area contributed by atoms with Crippen molar-refractivity contribution in [3.8, 4) is 44.5 Å². The molecule has 12 aromatic rings. The average Bonchev–Trinajstić information content (AvgIpc) is 3.91. The van der Waals surface area contributed by atoms with Gasteiger partial charge in [0.1, 0.15) is 11.2 Å². The van der Waals surface area contributed by atoms with E-state index < -0.39 is 0 Å². The highest BCUT2D eigenvalue weighted by Crippen LogP contribution is 2.47. The van der Waals surface area contributed by atoms with Gasteiger partial charge in [-0.3, -0.25) is 0 Å². The average molecular weight is 796 g/mol. The van der Waals surface area contributed by atoms with Crippen LogP contribution in [-0.2, 0) is 0 Å². The lowest BCUT2D eigenvalue weighted by Crippen LogP contribution is -2.10. The third-order valence-corrected chi connectivity index (χ3v) is 13.2. The predicted molar refractivity (Wildman–Crippen MR) is 261 cm³/mol. The minimum Gasteiger partial charge on any atom is -0.455 e. The maximum atomic E-state index is 6.90. The van der Waals surface area contributed by atoms with Gasteiger partial charge in [0, 0.05) is 42.3 Å². The molecule has 0 radical (unpaired) electrons. The molecule has 0 bridgehead atoms. The van der Waals surface area contributed by atoms with Gasteiger partial charge < -0.3 is 9.32 Å². The molecule has 0 aliphatic rings. The van der Waals surface area contributed by atoms with Crippen molar-refractivity contribution >= 4 is 81.3 Å². The van der Waals surface area contributed by atoms with Crippen molar-refractivity contribution in [3.05, 3.63) is 224 Å². The molecule has 2 heterocycles. The molecule has 0 fully saturated rings. The van der Waals surface area contributed by atoms with Gasteiger partial charge in [0.25, 0.3) is 0 Å². The number of fused-ring (bicyclic) bond motifs is 8. The molecule has 2 nitrogen and oxygen atoms in total. The van der Waals surface area contributed by atoms with Crippen molar-refractivity contribution in [2.24, 2.45) is 0 Å². The number of benzene rings is 10. The van der Waals surface area contributed by atoms with Crippen molar-refractivity contribution in [2.45, 2.75) is 0 Å². The molecular formula is C58H37NOS. The molecule has 0 amide bonds. The van der Waals surface area contributed by atoms with Crippen LogP contribution in [0, 0.1) is 0 Å². The largest absolute Gasteiger partial charge is 0.455 e. The Morgan fingerprint density at radius 1 is 0.328 bits per heavy atom. The third kappa shape index (κ3) is 6.09. The Morgan fingerprint density at radius 2 is 0.885 bits per heavy atom. The second-order valence-corrected chi connectivity index (χ2v) is 16.7. The quantitative estimate of drug-likeness (QED) is 0.160. The first kappa shape index (κ1) is 35.2. The predicted octanol–water partition coefficient (Wildman–Crippen LogP) is 17.2. The van der Waals surface area contributed by atoms with Crippen LogP contribution in [0.4, 0.5) is 17.1 Å². The summed E-state index contributed by atoms with van der Waals surface area (Å²) < 4.78 is 9.54. The molecular weight excluding hydrogens is 759 g/mol. The van der Waals surface area contributed by atoms with Gasteiger partial charge in [0.05, 0.1) is 11.1 Å². The van der Waals surface area contributed by atoms with Crippen molar-refractivity contribution in [2.75, 3.05) is 4.90 Å². The third-order valence-electron chi connectivity index (χ3n) is 12.1. The van der Waals surface area contributed by atoms with E-state index in [1.54, 1.807) is 0 Å². The van der Waals surface area contributed by atoms with Gasteiger partial charge in [0.15, 0.2) is 0 Å². The van der Waals surface area contributed by atoms with Gasteiger partial charge in [-0.05, 0) is 111 Å². The van der Waals surface area contributed by atoms with E-state index in [1.165, 1.54) is 64.5 Å². The summed E-state index contributed by atoms with van der Waals surface area (Å²) in [6.07, 6.45) is 0. The van der Waals surface area contributed by atoms with Crippen LogP contribution in [0.15, 0.2) is 229 Å². The van der Waals surface area contributed by atoms with Crippen molar-refractivity contribution in [3.63, 3.8) is 0 Å². The molecule has 0 saturated heterocycles. The molecule has 61 heavy (non-hydrogen) atoms. The lowest BCUT2D eigenvalue weighted by molar-refractivity contribution is 0.672. The second kappa shape index (κ2) is 14.5. The Kier molecular flexibility index (Phi) is 8.39. The normalized spacial score (nSPS) is 11.6. The first-order valence-electron chi connectivity index (χ1n) is 20.7. The van der Waals surface area contributed by atoms with E-state index in [4.69, 9.17) is 4.42 Å². The SMILES string of the molecule is c1ccc(-c2ccc(N(c3cccc(-c4ccccc4)c3)c3cccc4oc5c6ccccc6c(-c6ccc(-c7ccc8sc9ccccc9c8c7)cc6)cc5c34)cc2)cc1. The van der Waals surface area contributed by atoms with E-state index in [9.17, 15) is 0 Å². The number of thiophene rings is 1. The van der Waals surface area contributed by atoms with E-state index in [0.717, 1.165) is 50.0 Å². The van der Waals surface area contributed by atoms with Gasteiger partial charge in [0.2, 0.25) is 0 Å². The van der Waals surface area contributed by atoms with E-state index in [0.29, 0.717) is 0 Å². The number of nitrogens with zero attached hydrogens (tertiary/aromatic N) is 1. The topological polar surface area (TPSA) is 16.4 Å². The maximum absolute atomic E-state index is 6.90. The van der Waals surface area contributed by atoms with Crippen LogP contribution in [0.2, 0.25) is 0 Å². The van der Waals surface area contributed by atoms with Gasteiger partial charge in [-0.1, -0.05) is 164 Å². The Hall–Kier alpha value is -7.72. The monoisotopic (exact) mass is 795 g/mol. The fraction of sp³-hybridized carbons (Fsp3) is 0. The minimum atomic E-state index is 0.853. The molecule has 0 spiro atoms. The lowest BCUT2D eigenvalue weighted by Gasteiger charge is -2.27. The summed E-state index contributed by atoms with van der Waals surface area (Å²) in [6.45, 7) is 0. The van der Waals surface area contributed by atoms with Gasteiger partial charge >= 0.3 is 0 Å². The van der Waals surface area contributed by atoms with Crippen LogP contribution < -0.4 is 4.90 Å². The molecule has 0 unspecified atom stereocenters. The van der Waals surface area contributed by atoms with E-state index in [2.05, 4.69) is 229 Å². The highest BCUT2D eigenvalue weighted by Gasteiger charge is 2.22. The van der Waals surface area contributed by atoms with E-state index in [1.807, 2.05) is 11.3 Å². The molecule has 0 saturated carbocycles. The highest BCUT2D eigenvalue weighted by molar-refractivity contribution is 7.25. The fourth-order valence-corrected chi connectivity index (χ4v) is 10.2. The minimum absolute atomic E-state index is 0.853. The van der Waals surface area contributed by atoms with Crippen LogP contribution in [-0.4, -0.2) is 0 Å². The van der Waals surface area contributed by atoms with Crippen molar-refractivity contribution in [1.82, 2.24) is 0 Å². The van der Waals surface area contributed by atoms with Crippen LogP contribution in [0.25, 0.3) is 97.4 Å². The summed E-state index contributed by atoms with van der Waals surface area (Å²) in [6, 6.07) is 81.1. The van der Waals surface area contributed by atoms with Gasteiger partial charge in [-0.15, -0.1) is 11.3 Å². The molecule has 12 rings (SSSR count). The number of hydrogen-bond acceptors (Lipinski definition) is 3. The smallest absolute Gasteiger partial charge is 0.143 e. The summed E-state index contributed by atoms with van der Waals surface area (Å²) in [7, 11) is 0. The van der Waals surface area contributed by atoms with Crippen LogP contribution in [0.3, 0.4) is 0 Å². The summed E-state index contributed by atoms with van der Waals surface area (Å²) >= 11 is 1.86. The summed E-state index contributed by atoms with van der Waals surface area (Å²) in [5.41, 5.74) is 14.4. The van der Waals surface area contributed by atoms with Crippen molar-refractivity contribution in [1.29, 1.82) is 0 Å². The first-order valence-corrected chi connectivity index (χ1v) is 21.6. The zero-order valence-electron chi connectivity index (χ0n) is 33.1. The number of anilines is 3. The Labute approximate surface area is 357 Å². The fourth-order valence-electron chi connectivity index (χ4n) is 9.12. The maximum Gasteiger partial charge on any atom is 0.143 e. The van der Waals surface area contributed by atoms with E-state index >= 15 is 0 Å². The first-order chi connectivity index (χ1) is 30.2. The lowest BCUT2D eigenvalue weighted by atomic mass is 9.93. The van der Waals surface area contributed by atoms with Crippen LogP contribution in [0.5, 0.6) is 0 Å². The Balaban J connectivity index is 1.03. The molecule has 0 aliphatic heterocycles. The molecule has 0 aliphatic carbocycles. The molecule has 0 N–H and O–H groups in total. The summed E-state index contributed by atoms with van der Waals surface area (Å²) in [5.74, 6) is 0. The second-order valence-electron chi connectivity index (χ2n) is 15.6. The zero-order valence-corrected chi connectivity index (χ0v) is 33.9.